The molecule has 2 atom stereocenters. The van der Waals surface area contributed by atoms with Crippen molar-refractivity contribution in [3.8, 4) is 5.75 Å². The lowest BCUT2D eigenvalue weighted by atomic mass is 9.77. The number of benzene rings is 14. The molecule has 0 heterocycles. The van der Waals surface area contributed by atoms with Gasteiger partial charge in [0.15, 0.2) is 0 Å². The second-order valence-electron chi connectivity index (χ2n) is 33.2. The minimum absolute atomic E-state index is 0.00112. The number of rotatable bonds is 43. The van der Waals surface area contributed by atoms with Crippen LogP contribution in [-0.2, 0) is 53.5 Å². The van der Waals surface area contributed by atoms with E-state index in [9.17, 15) is 29.4 Å². The second kappa shape index (κ2) is 48.2. The molecule has 4 amide bonds. The molecule has 0 aliphatic rings. The molecule has 0 aromatic heterocycles. The van der Waals surface area contributed by atoms with E-state index in [4.69, 9.17) is 22.8 Å². The lowest BCUT2D eigenvalue weighted by Crippen LogP contribution is -2.54. The SMILES string of the molecule is CC(C)N(C(C)C)P(OCCO)OCc1cc(C(=O)NNC(c2ccccc2)(c2ccccc2)c2ccccc2)cc(C(=O)NNC(c2ccccc2)(c2ccccc2)c2ccccc2)c1.COc1ccc(C(NNC(=O)c2cc(COP(OCCO)N(C(C)C)C(C)C)cc(C(=O)NNC(c3ccccc3)(c3ccccc3)c3ccccc3)c2)(c2ccccc2)c2ccccc2)cc1. The van der Waals surface area contributed by atoms with E-state index in [1.54, 1.807) is 43.5 Å². The van der Waals surface area contributed by atoms with Crippen molar-refractivity contribution in [3.63, 3.8) is 0 Å². The Morgan fingerprint density at radius 1 is 0.269 bits per heavy atom. The van der Waals surface area contributed by atoms with E-state index in [-0.39, 0.29) is 86.1 Å². The average molecular weight is 1830 g/mol. The zero-order chi connectivity index (χ0) is 94.3. The van der Waals surface area contributed by atoms with Crippen LogP contribution in [0.5, 0.6) is 5.75 Å². The highest BCUT2D eigenvalue weighted by molar-refractivity contribution is 7.44. The summed E-state index contributed by atoms with van der Waals surface area (Å²) in [4.78, 5) is 59.1. The summed E-state index contributed by atoms with van der Waals surface area (Å²) in [6.45, 7) is 16.3. The first-order valence-corrected chi connectivity index (χ1v) is 47.3. The molecule has 0 aliphatic heterocycles. The number of ether oxygens (including phenoxy) is 1. The number of hydrazine groups is 4. The molecule has 688 valence electrons. The number of aliphatic hydroxyl groups excluding tert-OH is 2. The van der Waals surface area contributed by atoms with Gasteiger partial charge in [0.25, 0.3) is 40.7 Å². The van der Waals surface area contributed by atoms with E-state index in [0.717, 1.165) is 66.8 Å². The van der Waals surface area contributed by atoms with Crippen molar-refractivity contribution in [2.45, 2.75) is 115 Å². The normalized spacial score (nSPS) is 12.3. The van der Waals surface area contributed by atoms with Crippen LogP contribution in [-0.4, -0.2) is 101 Å². The van der Waals surface area contributed by atoms with Crippen molar-refractivity contribution in [2.24, 2.45) is 0 Å². The molecule has 0 spiro atoms. The molecule has 10 N–H and O–H groups in total. The smallest absolute Gasteiger partial charge is 0.265 e. The second-order valence-corrected chi connectivity index (χ2v) is 36.1. The highest BCUT2D eigenvalue weighted by atomic mass is 31.2. The first kappa shape index (κ1) is 98.6. The molecular formula is C111H118N10O11P2. The van der Waals surface area contributed by atoms with E-state index in [2.05, 4.69) is 108 Å². The molecule has 0 saturated carbocycles. The fraction of sp³-hybridized carbons (Fsp3) is 0.207. The van der Waals surface area contributed by atoms with E-state index in [1.165, 1.54) is 0 Å². The van der Waals surface area contributed by atoms with Gasteiger partial charge in [-0.25, -0.2) is 31.0 Å². The summed E-state index contributed by atoms with van der Waals surface area (Å²) in [7, 11) is -1.66. The van der Waals surface area contributed by atoms with Gasteiger partial charge in [-0.15, -0.1) is 0 Å². The molecule has 14 rings (SSSR count). The van der Waals surface area contributed by atoms with Crippen LogP contribution in [0.1, 0.15) is 175 Å². The van der Waals surface area contributed by atoms with Gasteiger partial charge in [-0.1, -0.05) is 346 Å². The van der Waals surface area contributed by atoms with Crippen LogP contribution in [0.15, 0.2) is 394 Å². The number of hydrogen-bond donors (Lipinski definition) is 10. The van der Waals surface area contributed by atoms with Crippen molar-refractivity contribution in [1.82, 2.24) is 52.7 Å². The Morgan fingerprint density at radius 2 is 0.448 bits per heavy atom. The fourth-order valence-electron chi connectivity index (χ4n) is 17.0. The quantitative estimate of drug-likeness (QED) is 0.00968. The summed E-state index contributed by atoms with van der Waals surface area (Å²) >= 11 is 0. The van der Waals surface area contributed by atoms with Gasteiger partial charge in [0.05, 0.1) is 46.8 Å². The maximum Gasteiger partial charge on any atom is 0.265 e. The number of nitrogens with one attached hydrogen (secondary N) is 8. The maximum atomic E-state index is 14.8. The molecule has 0 radical (unpaired) electrons. The molecule has 0 saturated heterocycles. The van der Waals surface area contributed by atoms with Gasteiger partial charge in [0, 0.05) is 46.4 Å². The molecule has 0 fully saturated rings. The van der Waals surface area contributed by atoms with Crippen molar-refractivity contribution < 1.29 is 52.2 Å². The van der Waals surface area contributed by atoms with Crippen LogP contribution < -0.4 is 48.1 Å². The summed E-state index contributed by atoms with van der Waals surface area (Å²) < 4.78 is 35.0. The van der Waals surface area contributed by atoms with Gasteiger partial charge in [0.2, 0.25) is 0 Å². The topological polar surface area (TPSA) is 258 Å². The Bertz CT molecular complexity index is 5480. The highest BCUT2D eigenvalue weighted by Crippen LogP contribution is 2.49. The average Bonchev–Trinajstić information content (AvgIpc) is 0.774. The lowest BCUT2D eigenvalue weighted by Gasteiger charge is -2.37. The number of aliphatic hydroxyl groups is 2. The Hall–Kier alpha value is -12.9. The van der Waals surface area contributed by atoms with Gasteiger partial charge < -0.3 is 33.0 Å². The summed E-state index contributed by atoms with van der Waals surface area (Å²) in [6.07, 6.45) is 0. The van der Waals surface area contributed by atoms with Gasteiger partial charge in [-0.05, 0) is 182 Å². The number of carbonyl (C=O) groups is 4. The third-order valence-corrected chi connectivity index (χ3v) is 27.2. The van der Waals surface area contributed by atoms with Crippen LogP contribution >= 0.6 is 17.1 Å². The number of amides is 4. The molecule has 0 aliphatic carbocycles. The fourth-order valence-corrected chi connectivity index (χ4v) is 20.2. The van der Waals surface area contributed by atoms with Crippen LogP contribution in [0.2, 0.25) is 0 Å². The number of carbonyl (C=O) groups excluding carboxylic acids is 4. The monoisotopic (exact) mass is 1830 g/mol. The van der Waals surface area contributed by atoms with Crippen LogP contribution in [0.25, 0.3) is 0 Å². The minimum atomic E-state index is -1.65. The predicted octanol–water partition coefficient (Wildman–Crippen LogP) is 20.0. The maximum absolute atomic E-state index is 14.8. The first-order valence-electron chi connectivity index (χ1n) is 45.0. The summed E-state index contributed by atoms with van der Waals surface area (Å²) in [6, 6.07) is 128. The predicted molar refractivity (Wildman–Crippen MR) is 532 cm³/mol. The van der Waals surface area contributed by atoms with Gasteiger partial charge in [-0.3, -0.25) is 40.9 Å². The third-order valence-electron chi connectivity index (χ3n) is 23.0. The molecule has 23 heteroatoms. The zero-order valence-electron chi connectivity index (χ0n) is 76.9. The summed E-state index contributed by atoms with van der Waals surface area (Å²) in [5.41, 5.74) is 34.8. The number of methoxy groups -OCH3 is 1. The van der Waals surface area contributed by atoms with Crippen LogP contribution in [0.3, 0.4) is 0 Å². The summed E-state index contributed by atoms with van der Waals surface area (Å²) in [5.74, 6) is -1.22. The molecule has 2 unspecified atom stereocenters. The Labute approximate surface area is 789 Å². The van der Waals surface area contributed by atoms with Gasteiger partial charge in [0.1, 0.15) is 27.9 Å². The largest absolute Gasteiger partial charge is 0.497 e. The van der Waals surface area contributed by atoms with Crippen molar-refractivity contribution >= 4 is 40.7 Å². The molecule has 14 aromatic carbocycles. The highest BCUT2D eigenvalue weighted by Gasteiger charge is 2.42. The van der Waals surface area contributed by atoms with Crippen molar-refractivity contribution in [1.29, 1.82) is 0 Å². The van der Waals surface area contributed by atoms with E-state index >= 15 is 0 Å². The number of hydrogen-bond acceptors (Lipinski definition) is 17. The van der Waals surface area contributed by atoms with Gasteiger partial charge >= 0.3 is 0 Å². The number of nitrogens with zero attached hydrogens (tertiary/aromatic N) is 2. The lowest BCUT2D eigenvalue weighted by molar-refractivity contribution is 0.0902. The van der Waals surface area contributed by atoms with E-state index in [1.807, 2.05) is 358 Å². The molecular weight excluding hydrogens is 1710 g/mol. The van der Waals surface area contributed by atoms with Crippen molar-refractivity contribution in [2.75, 3.05) is 33.5 Å². The van der Waals surface area contributed by atoms with Crippen molar-refractivity contribution in [3.05, 3.63) is 494 Å². The Kier molecular flexibility index (Phi) is 35.5. The third kappa shape index (κ3) is 23.7. The molecule has 21 nitrogen and oxygen atoms in total. The first-order chi connectivity index (χ1) is 65.3. The van der Waals surface area contributed by atoms with E-state index < -0.39 is 62.8 Å². The van der Waals surface area contributed by atoms with Gasteiger partial charge in [-0.2, -0.15) is 0 Å². The summed E-state index contributed by atoms with van der Waals surface area (Å²) in [5, 5.41) is 19.5. The van der Waals surface area contributed by atoms with Crippen LogP contribution in [0, 0.1) is 0 Å². The minimum Gasteiger partial charge on any atom is -0.497 e. The zero-order valence-corrected chi connectivity index (χ0v) is 78.7. The molecule has 14 aromatic rings. The standard InChI is InChI=1S/C56H60N5O6P.C55H58N5O5P/c1-41(2)61(42(3)4)68(66-36-35-62)67-40-43-37-44(53(63)57-59-55(46-21-11-6-12-22-46,47-23-13-7-14-24-47)48-25-15-8-16-26-48)39-45(38-43)54(64)58-60-56(49-27-17-9-18-28-49,50-29-19-10-20-30-50)51-31-33-52(65-5)34-32-51;1-41(2)60(42(3)4)66(64-36-35-61)65-40-43-37-44(52(62)56-58-54(46-23-11-5-12-24-46,47-25-13-6-14-26-47)48-27-15-7-16-28-48)39-45(38-43)53(63)57-59-55(49-29-17-8-18-30-49,50-31-19-9-20-32-50)51-33-21-10-22-34-51/h6-34,37-39,41-42,59-60,62H,35-36,40H2,1-5H3,(H,57,63)(H,58,64);5-34,37-39,41-42,58-59,61H,35-36,40H2,1-4H3,(H,56,62)(H,57,63). The van der Waals surface area contributed by atoms with E-state index in [0.29, 0.717) is 16.9 Å². The Morgan fingerprint density at radius 3 is 0.612 bits per heavy atom. The molecule has 0 bridgehead atoms. The van der Waals surface area contributed by atoms with Crippen LogP contribution in [0.4, 0.5) is 0 Å². The Balaban J connectivity index is 0.000000227. The molecule has 134 heavy (non-hydrogen) atoms.